The van der Waals surface area contributed by atoms with Gasteiger partial charge in [-0.25, -0.2) is 4.68 Å². The molecule has 2 rings (SSSR count). The molecule has 1 heterocycles. The Morgan fingerprint density at radius 2 is 2.31 bits per heavy atom. The van der Waals surface area contributed by atoms with Crippen LogP contribution < -0.4 is 0 Å². The molecule has 0 fully saturated rings. The molecule has 0 unspecified atom stereocenters. The van der Waals surface area contributed by atoms with Crippen LogP contribution in [0.3, 0.4) is 0 Å². The highest BCUT2D eigenvalue weighted by Crippen LogP contribution is 2.17. The van der Waals surface area contributed by atoms with Crippen molar-refractivity contribution in [2.75, 3.05) is 6.26 Å². The highest BCUT2D eigenvalue weighted by atomic mass is 32.2. The van der Waals surface area contributed by atoms with E-state index in [1.54, 1.807) is 22.8 Å². The van der Waals surface area contributed by atoms with Crippen LogP contribution in [0, 0.1) is 0 Å². The van der Waals surface area contributed by atoms with Crippen LogP contribution in [0.4, 0.5) is 0 Å². The van der Waals surface area contributed by atoms with E-state index in [4.69, 9.17) is 0 Å². The third kappa shape index (κ3) is 1.70. The van der Waals surface area contributed by atoms with Crippen molar-refractivity contribution < 1.29 is 0 Å². The van der Waals surface area contributed by atoms with Gasteiger partial charge in [-0.3, -0.25) is 0 Å². The molecule has 66 valence electrons. The lowest BCUT2D eigenvalue weighted by Gasteiger charge is -2.00. The van der Waals surface area contributed by atoms with E-state index in [1.807, 2.05) is 24.5 Å². The highest BCUT2D eigenvalue weighted by molar-refractivity contribution is 7.98. The van der Waals surface area contributed by atoms with Gasteiger partial charge < -0.3 is 0 Å². The lowest BCUT2D eigenvalue weighted by Crippen LogP contribution is -1.94. The van der Waals surface area contributed by atoms with Gasteiger partial charge in [0.1, 0.15) is 6.33 Å². The minimum absolute atomic E-state index is 0.983. The van der Waals surface area contributed by atoms with Gasteiger partial charge in [0.2, 0.25) is 0 Å². The summed E-state index contributed by atoms with van der Waals surface area (Å²) in [5.74, 6) is 0. The van der Waals surface area contributed by atoms with E-state index < -0.39 is 0 Å². The third-order valence-electron chi connectivity index (χ3n) is 1.67. The van der Waals surface area contributed by atoms with Gasteiger partial charge in [0.15, 0.2) is 0 Å². The molecule has 0 saturated heterocycles. The molecule has 0 aliphatic carbocycles. The van der Waals surface area contributed by atoms with Crippen molar-refractivity contribution in [1.29, 1.82) is 0 Å². The van der Waals surface area contributed by atoms with Crippen LogP contribution in [-0.4, -0.2) is 26.5 Å². The number of hydrogen-bond acceptors (Lipinski definition) is 4. The zero-order chi connectivity index (χ0) is 9.10. The summed E-state index contributed by atoms with van der Waals surface area (Å²) in [6, 6.07) is 8.05. The molecule has 0 atom stereocenters. The molecule has 4 nitrogen and oxygen atoms in total. The van der Waals surface area contributed by atoms with Gasteiger partial charge in [0.25, 0.3) is 0 Å². The molecule has 0 aliphatic heterocycles. The predicted octanol–water partition coefficient (Wildman–Crippen LogP) is 1.38. The first-order valence-electron chi connectivity index (χ1n) is 3.77. The van der Waals surface area contributed by atoms with Gasteiger partial charge in [-0.2, -0.15) is 0 Å². The predicted molar refractivity (Wildman–Crippen MR) is 50.9 cm³/mol. The first-order valence-corrected chi connectivity index (χ1v) is 5.00. The Labute approximate surface area is 80.0 Å². The molecular weight excluding hydrogens is 184 g/mol. The molecule has 13 heavy (non-hydrogen) atoms. The smallest absolute Gasteiger partial charge is 0.143 e. The first kappa shape index (κ1) is 8.25. The Balaban J connectivity index is 2.41. The van der Waals surface area contributed by atoms with Crippen LogP contribution in [-0.2, 0) is 0 Å². The number of aromatic nitrogens is 4. The summed E-state index contributed by atoms with van der Waals surface area (Å²) in [5.41, 5.74) is 0.983. The van der Waals surface area contributed by atoms with Crippen LogP contribution in [0.5, 0.6) is 0 Å². The number of thioether (sulfide) groups is 1. The summed E-state index contributed by atoms with van der Waals surface area (Å²) >= 11 is 1.70. The van der Waals surface area contributed by atoms with Gasteiger partial charge in [0, 0.05) is 4.90 Å². The normalized spacial score (nSPS) is 10.2. The van der Waals surface area contributed by atoms with Gasteiger partial charge >= 0.3 is 0 Å². The standard InChI is InChI=1S/C8H8N4S/c1-13-8-4-2-3-7(5-8)12-6-9-10-11-12/h2-6H,1H3. The van der Waals surface area contributed by atoms with E-state index in [9.17, 15) is 0 Å². The molecule has 0 bridgehead atoms. The average Bonchev–Trinajstić information content (AvgIpc) is 2.71. The quantitative estimate of drug-likeness (QED) is 0.674. The number of rotatable bonds is 2. The molecule has 0 radical (unpaired) electrons. The van der Waals surface area contributed by atoms with Crippen LogP contribution in [0.25, 0.3) is 5.69 Å². The zero-order valence-corrected chi connectivity index (χ0v) is 7.90. The highest BCUT2D eigenvalue weighted by Gasteiger charge is 1.97. The monoisotopic (exact) mass is 192 g/mol. The maximum atomic E-state index is 3.81. The van der Waals surface area contributed by atoms with E-state index in [-0.39, 0.29) is 0 Å². The summed E-state index contributed by atoms with van der Waals surface area (Å²) in [6.07, 6.45) is 3.62. The molecule has 2 aromatic rings. The minimum Gasteiger partial charge on any atom is -0.201 e. The van der Waals surface area contributed by atoms with E-state index in [0.717, 1.165) is 5.69 Å². The molecule has 0 aliphatic rings. The van der Waals surface area contributed by atoms with Crippen molar-refractivity contribution >= 4 is 11.8 Å². The van der Waals surface area contributed by atoms with E-state index >= 15 is 0 Å². The summed E-state index contributed by atoms with van der Waals surface area (Å²) < 4.78 is 1.64. The topological polar surface area (TPSA) is 43.6 Å². The van der Waals surface area contributed by atoms with E-state index in [2.05, 4.69) is 21.6 Å². The van der Waals surface area contributed by atoms with Gasteiger partial charge in [-0.15, -0.1) is 16.9 Å². The number of nitrogens with zero attached hydrogens (tertiary/aromatic N) is 4. The third-order valence-corrected chi connectivity index (χ3v) is 2.39. The van der Waals surface area contributed by atoms with E-state index in [1.165, 1.54) is 4.90 Å². The van der Waals surface area contributed by atoms with Crippen LogP contribution in [0.15, 0.2) is 35.5 Å². The fourth-order valence-corrected chi connectivity index (χ4v) is 1.49. The summed E-state index contributed by atoms with van der Waals surface area (Å²) in [4.78, 5) is 1.20. The Morgan fingerprint density at radius 1 is 1.38 bits per heavy atom. The van der Waals surface area contributed by atoms with E-state index in [0.29, 0.717) is 0 Å². The Morgan fingerprint density at radius 3 is 3.00 bits per heavy atom. The zero-order valence-electron chi connectivity index (χ0n) is 7.08. The van der Waals surface area contributed by atoms with Crippen molar-refractivity contribution in [3.8, 4) is 5.69 Å². The lowest BCUT2D eigenvalue weighted by atomic mass is 10.3. The number of tetrazole rings is 1. The maximum absolute atomic E-state index is 3.81. The second kappa shape index (κ2) is 3.57. The lowest BCUT2D eigenvalue weighted by molar-refractivity contribution is 0.787. The summed E-state index contributed by atoms with van der Waals surface area (Å²) in [5, 5.41) is 11.0. The molecule has 0 amide bonds. The van der Waals surface area contributed by atoms with Crippen LogP contribution in [0.1, 0.15) is 0 Å². The SMILES string of the molecule is CSc1cccc(-n2cnnn2)c1. The van der Waals surface area contributed by atoms with Gasteiger partial charge in [-0.1, -0.05) is 6.07 Å². The molecule has 0 N–H and O–H groups in total. The van der Waals surface area contributed by atoms with Gasteiger partial charge in [0.05, 0.1) is 5.69 Å². The number of benzene rings is 1. The first-order chi connectivity index (χ1) is 6.40. The van der Waals surface area contributed by atoms with Crippen molar-refractivity contribution in [3.63, 3.8) is 0 Å². The minimum atomic E-state index is 0.983. The molecule has 0 spiro atoms. The summed E-state index contributed by atoms with van der Waals surface area (Å²) in [6.45, 7) is 0. The molecule has 5 heteroatoms. The molecule has 1 aromatic carbocycles. The molecule has 0 saturated carbocycles. The average molecular weight is 192 g/mol. The van der Waals surface area contributed by atoms with Crippen LogP contribution in [0.2, 0.25) is 0 Å². The van der Waals surface area contributed by atoms with Crippen molar-refractivity contribution in [2.24, 2.45) is 0 Å². The van der Waals surface area contributed by atoms with Crippen molar-refractivity contribution in [1.82, 2.24) is 20.2 Å². The second-order valence-electron chi connectivity index (χ2n) is 2.46. The number of hydrogen-bond donors (Lipinski definition) is 0. The Hall–Kier alpha value is -1.36. The molecular formula is C8H8N4S. The largest absolute Gasteiger partial charge is 0.201 e. The fraction of sp³-hybridized carbons (Fsp3) is 0.125. The molecule has 1 aromatic heterocycles. The Bertz CT molecular complexity index is 385. The van der Waals surface area contributed by atoms with Crippen molar-refractivity contribution in [3.05, 3.63) is 30.6 Å². The maximum Gasteiger partial charge on any atom is 0.143 e. The fourth-order valence-electron chi connectivity index (χ4n) is 1.03. The van der Waals surface area contributed by atoms with Gasteiger partial charge in [-0.05, 0) is 34.9 Å². The van der Waals surface area contributed by atoms with Crippen molar-refractivity contribution in [2.45, 2.75) is 4.90 Å². The summed E-state index contributed by atoms with van der Waals surface area (Å²) in [7, 11) is 0. The second-order valence-corrected chi connectivity index (χ2v) is 3.34. The van der Waals surface area contributed by atoms with Crippen LogP contribution >= 0.6 is 11.8 Å². The Kier molecular flexibility index (Phi) is 2.27.